The van der Waals surface area contributed by atoms with Crippen molar-refractivity contribution in [2.45, 2.75) is 5.41 Å². The Kier molecular flexibility index (Phi) is 16.5. The summed E-state index contributed by atoms with van der Waals surface area (Å²) in [7, 11) is 0. The Labute approximate surface area is 570 Å². The standard InChI is InChI=1S/C97H68/c1-11-31-69(32-12-1)77-51-78(70-33-13-2-14-34-70)56-85(55-77)89-63-90(86-57-79(71-35-15-3-16-36-71)52-80(58-86)72-37-17-4-18-38-72)66-95(65-89)97(93-47-27-9-28-48-93,94-49-29-10-30-50-94)96-67-91(87-59-81(73-39-19-5-20-40-73)53-82(60-87)74-41-21-6-22-42-74)64-92(68-96)88-61-83(75-43-23-7-24-44-75)54-84(62-88)76-45-25-8-26-46-76/h1-68H. The molecule has 0 radical (unpaired) electrons. The molecule has 0 heteroatoms. The second-order valence-corrected chi connectivity index (χ2v) is 25.2. The Hall–Kier alpha value is -12.5. The molecule has 0 amide bonds. The van der Waals surface area contributed by atoms with Crippen molar-refractivity contribution in [3.8, 4) is 134 Å². The molecule has 16 aromatic carbocycles. The molecule has 97 heavy (non-hydrogen) atoms. The van der Waals surface area contributed by atoms with Gasteiger partial charge in [-0.15, -0.1) is 0 Å². The lowest BCUT2D eigenvalue weighted by Crippen LogP contribution is -2.31. The van der Waals surface area contributed by atoms with E-state index in [-0.39, 0.29) is 0 Å². The Morgan fingerprint density at radius 1 is 0.0928 bits per heavy atom. The zero-order valence-corrected chi connectivity index (χ0v) is 53.8. The smallest absolute Gasteiger partial charge is 0.0622 e. The molecule has 0 aliphatic heterocycles. The molecular weight excluding hydrogens is 1170 g/mol. The lowest BCUT2D eigenvalue weighted by atomic mass is 9.63. The molecule has 0 atom stereocenters. The Bertz CT molecular complexity index is 4500. The Balaban J connectivity index is 1.05. The minimum Gasteiger partial charge on any atom is -0.0622 e. The van der Waals surface area contributed by atoms with Crippen molar-refractivity contribution in [2.75, 3.05) is 0 Å². The fraction of sp³-hybridized carbons (Fsp3) is 0.0103. The monoisotopic (exact) mass is 1230 g/mol. The summed E-state index contributed by atoms with van der Waals surface area (Å²) in [6, 6.07) is 153. The molecule has 0 N–H and O–H groups in total. The molecule has 0 saturated heterocycles. The van der Waals surface area contributed by atoms with Crippen molar-refractivity contribution in [2.24, 2.45) is 0 Å². The minimum atomic E-state index is -0.963. The normalized spacial score (nSPS) is 11.3. The van der Waals surface area contributed by atoms with Crippen molar-refractivity contribution < 1.29 is 0 Å². The van der Waals surface area contributed by atoms with Gasteiger partial charge >= 0.3 is 0 Å². The van der Waals surface area contributed by atoms with Gasteiger partial charge in [-0.05, 0) is 265 Å². The highest BCUT2D eigenvalue weighted by Crippen LogP contribution is 2.51. The van der Waals surface area contributed by atoms with Crippen molar-refractivity contribution in [1.29, 1.82) is 0 Å². The molecule has 16 aromatic rings. The largest absolute Gasteiger partial charge is 0.0702 e. The highest BCUT2D eigenvalue weighted by Gasteiger charge is 2.40. The van der Waals surface area contributed by atoms with Gasteiger partial charge in [0.1, 0.15) is 0 Å². The molecule has 0 nitrogen and oxygen atoms in total. The van der Waals surface area contributed by atoms with E-state index < -0.39 is 5.41 Å². The van der Waals surface area contributed by atoms with Gasteiger partial charge in [0.15, 0.2) is 0 Å². The van der Waals surface area contributed by atoms with E-state index in [1.54, 1.807) is 0 Å². The fourth-order valence-electron chi connectivity index (χ4n) is 14.3. The molecule has 0 bridgehead atoms. The SMILES string of the molecule is c1ccc(-c2cc(-c3ccccc3)cc(-c3cc(-c4cc(-c5ccccc5)cc(-c5ccccc5)c4)cc(C(c4ccccc4)(c4ccccc4)c4cc(-c5cc(-c6ccccc6)cc(-c6ccccc6)c5)cc(-c5cc(-c6ccccc6)cc(-c6ccccc6)c5)c4)c3)c2)cc1. The van der Waals surface area contributed by atoms with E-state index in [0.29, 0.717) is 0 Å². The summed E-state index contributed by atoms with van der Waals surface area (Å²) >= 11 is 0. The number of rotatable bonds is 16. The predicted molar refractivity (Wildman–Crippen MR) is 410 cm³/mol. The fourth-order valence-corrected chi connectivity index (χ4v) is 14.3. The molecule has 0 fully saturated rings. The van der Waals surface area contributed by atoms with Gasteiger partial charge in [0, 0.05) is 0 Å². The van der Waals surface area contributed by atoms with E-state index >= 15 is 0 Å². The summed E-state index contributed by atoms with van der Waals surface area (Å²) in [5, 5.41) is 0. The summed E-state index contributed by atoms with van der Waals surface area (Å²) in [4.78, 5) is 0. The van der Waals surface area contributed by atoms with Crippen LogP contribution in [0, 0.1) is 0 Å². The number of hydrogen-bond donors (Lipinski definition) is 0. The van der Waals surface area contributed by atoms with Crippen LogP contribution in [0.25, 0.3) is 134 Å². The zero-order valence-electron chi connectivity index (χ0n) is 53.8. The van der Waals surface area contributed by atoms with Crippen LogP contribution >= 0.6 is 0 Å². The first-order valence-corrected chi connectivity index (χ1v) is 33.5. The molecule has 0 aliphatic carbocycles. The van der Waals surface area contributed by atoms with Crippen molar-refractivity contribution >= 4 is 0 Å². The van der Waals surface area contributed by atoms with E-state index in [0.717, 1.165) is 156 Å². The molecule has 16 rings (SSSR count). The van der Waals surface area contributed by atoms with E-state index in [2.05, 4.69) is 413 Å². The van der Waals surface area contributed by atoms with Crippen molar-refractivity contribution in [1.82, 2.24) is 0 Å². The maximum atomic E-state index is 2.51. The molecule has 0 heterocycles. The maximum Gasteiger partial charge on any atom is 0.0702 e. The summed E-state index contributed by atoms with van der Waals surface area (Å²) in [6.07, 6.45) is 0. The van der Waals surface area contributed by atoms with Crippen LogP contribution in [0.15, 0.2) is 413 Å². The van der Waals surface area contributed by atoms with Crippen molar-refractivity contribution in [3.63, 3.8) is 0 Å². The Morgan fingerprint density at radius 2 is 0.206 bits per heavy atom. The second kappa shape index (κ2) is 26.9. The van der Waals surface area contributed by atoms with Gasteiger partial charge in [0.25, 0.3) is 0 Å². The molecule has 0 saturated carbocycles. The maximum absolute atomic E-state index is 2.51. The van der Waals surface area contributed by atoms with Crippen LogP contribution in [0.5, 0.6) is 0 Å². The number of hydrogen-bond acceptors (Lipinski definition) is 0. The topological polar surface area (TPSA) is 0 Å². The molecule has 0 aliphatic rings. The molecule has 456 valence electrons. The summed E-state index contributed by atoms with van der Waals surface area (Å²) < 4.78 is 0. The lowest BCUT2D eigenvalue weighted by molar-refractivity contribution is 0.746. The van der Waals surface area contributed by atoms with Gasteiger partial charge in [0.05, 0.1) is 5.41 Å². The van der Waals surface area contributed by atoms with Crippen LogP contribution in [0.4, 0.5) is 0 Å². The van der Waals surface area contributed by atoms with E-state index in [1.807, 2.05) is 0 Å². The average Bonchev–Trinajstić information content (AvgIpc) is 0.723. The molecular formula is C97H68. The van der Waals surface area contributed by atoms with Crippen LogP contribution in [0.1, 0.15) is 22.3 Å². The first-order valence-electron chi connectivity index (χ1n) is 33.5. The molecule has 0 unspecified atom stereocenters. The summed E-state index contributed by atoms with van der Waals surface area (Å²) in [6.45, 7) is 0. The van der Waals surface area contributed by atoms with E-state index in [9.17, 15) is 0 Å². The number of benzene rings is 16. The minimum absolute atomic E-state index is 0.963. The van der Waals surface area contributed by atoms with Crippen LogP contribution in [0.3, 0.4) is 0 Å². The van der Waals surface area contributed by atoms with Crippen molar-refractivity contribution in [3.05, 3.63) is 435 Å². The highest BCUT2D eigenvalue weighted by molar-refractivity contribution is 5.90. The van der Waals surface area contributed by atoms with Crippen LogP contribution in [-0.2, 0) is 5.41 Å². The molecule has 0 aromatic heterocycles. The Morgan fingerprint density at radius 3 is 0.351 bits per heavy atom. The summed E-state index contributed by atoms with van der Waals surface area (Å²) in [5.41, 5.74) is 30.9. The van der Waals surface area contributed by atoms with Gasteiger partial charge in [-0.2, -0.15) is 0 Å². The average molecular weight is 1230 g/mol. The quantitative estimate of drug-likeness (QED) is 0.0846. The van der Waals surface area contributed by atoms with Gasteiger partial charge < -0.3 is 0 Å². The highest BCUT2D eigenvalue weighted by atomic mass is 14.4. The van der Waals surface area contributed by atoms with Crippen LogP contribution < -0.4 is 0 Å². The first-order chi connectivity index (χ1) is 48.0. The second-order valence-electron chi connectivity index (χ2n) is 25.2. The summed E-state index contributed by atoms with van der Waals surface area (Å²) in [5.74, 6) is 0. The van der Waals surface area contributed by atoms with Crippen LogP contribution in [-0.4, -0.2) is 0 Å². The predicted octanol–water partition coefficient (Wildman–Crippen LogP) is 26.1. The van der Waals surface area contributed by atoms with E-state index in [1.165, 1.54) is 0 Å². The third-order valence-corrected chi connectivity index (χ3v) is 19.1. The van der Waals surface area contributed by atoms with Crippen LogP contribution in [0.2, 0.25) is 0 Å². The van der Waals surface area contributed by atoms with Gasteiger partial charge in [0.2, 0.25) is 0 Å². The zero-order chi connectivity index (χ0) is 64.7. The lowest BCUT2D eigenvalue weighted by Gasteiger charge is -2.38. The third kappa shape index (κ3) is 12.4. The van der Waals surface area contributed by atoms with Gasteiger partial charge in [-0.1, -0.05) is 303 Å². The first kappa shape index (κ1) is 59.5. The van der Waals surface area contributed by atoms with Gasteiger partial charge in [-0.3, -0.25) is 0 Å². The molecule has 0 spiro atoms. The third-order valence-electron chi connectivity index (χ3n) is 19.1. The van der Waals surface area contributed by atoms with E-state index in [4.69, 9.17) is 0 Å². The van der Waals surface area contributed by atoms with Gasteiger partial charge in [-0.25, -0.2) is 0 Å².